The Hall–Kier alpha value is 0.330. The van der Waals surface area contributed by atoms with Gasteiger partial charge in [0, 0.05) is 5.75 Å². The Bertz CT molecular complexity index is 292. The summed E-state index contributed by atoms with van der Waals surface area (Å²) in [7, 11) is 0. The molecule has 1 rings (SSSR count). The van der Waals surface area contributed by atoms with Crippen LogP contribution in [0.15, 0.2) is 18.2 Å². The molecule has 0 bridgehead atoms. The zero-order chi connectivity index (χ0) is 9.14. The largest absolute Gasteiger partial charge is 1.00 e. The van der Waals surface area contributed by atoms with Crippen LogP contribution in [-0.4, -0.2) is 8.76 Å². The first-order chi connectivity index (χ1) is 5.58. The maximum Gasteiger partial charge on any atom is 1.00 e. The van der Waals surface area contributed by atoms with Gasteiger partial charge in [0.25, 0.3) is 0 Å². The van der Waals surface area contributed by atoms with Crippen molar-refractivity contribution in [2.45, 2.75) is 19.6 Å². The van der Waals surface area contributed by atoms with Crippen molar-refractivity contribution in [3.8, 4) is 0 Å². The van der Waals surface area contributed by atoms with Crippen molar-refractivity contribution in [1.82, 2.24) is 0 Å². The van der Waals surface area contributed by atoms with Gasteiger partial charge in [0.1, 0.15) is 0 Å². The molecule has 0 amide bonds. The van der Waals surface area contributed by atoms with Gasteiger partial charge in [-0.25, -0.2) is 0 Å². The van der Waals surface area contributed by atoms with Gasteiger partial charge in [-0.3, -0.25) is 4.21 Å². The van der Waals surface area contributed by atoms with Gasteiger partial charge >= 0.3 is 29.6 Å². The molecule has 0 heterocycles. The van der Waals surface area contributed by atoms with Crippen LogP contribution in [0.4, 0.5) is 0 Å². The summed E-state index contributed by atoms with van der Waals surface area (Å²) in [5.74, 6) is 0.114. The molecule has 0 saturated carbocycles. The van der Waals surface area contributed by atoms with Crippen LogP contribution >= 0.6 is 0 Å². The van der Waals surface area contributed by atoms with Gasteiger partial charge in [-0.05, 0) is 19.4 Å². The van der Waals surface area contributed by atoms with E-state index in [1.54, 1.807) is 0 Å². The van der Waals surface area contributed by atoms with Crippen LogP contribution in [0.25, 0.3) is 0 Å². The Morgan fingerprint density at radius 1 is 1.23 bits per heavy atom. The predicted molar refractivity (Wildman–Crippen MR) is 48.5 cm³/mol. The first-order valence-electron chi connectivity index (χ1n) is 3.71. The Labute approximate surface area is 103 Å². The molecule has 0 radical (unpaired) electrons. The average molecular weight is 206 g/mol. The van der Waals surface area contributed by atoms with Crippen LogP contribution in [0, 0.1) is 13.8 Å². The summed E-state index contributed by atoms with van der Waals surface area (Å²) < 4.78 is 20.8. The monoisotopic (exact) mass is 206 g/mol. The molecule has 1 aromatic carbocycles. The molecule has 0 saturated heterocycles. The summed E-state index contributed by atoms with van der Waals surface area (Å²) in [6.45, 7) is 3.93. The molecule has 0 aliphatic carbocycles. The molecule has 0 spiro atoms. The Morgan fingerprint density at radius 2 is 1.69 bits per heavy atom. The van der Waals surface area contributed by atoms with E-state index >= 15 is 0 Å². The second-order valence-corrected chi connectivity index (χ2v) is 3.84. The normalized spacial score (nSPS) is 11.9. The molecule has 4 heteroatoms. The first-order valence-corrected chi connectivity index (χ1v) is 4.95. The van der Waals surface area contributed by atoms with E-state index in [1.807, 2.05) is 32.0 Å². The van der Waals surface area contributed by atoms with Gasteiger partial charge < -0.3 is 4.55 Å². The predicted octanol–water partition coefficient (Wildman–Crippen LogP) is -1.31. The first kappa shape index (κ1) is 13.3. The summed E-state index contributed by atoms with van der Waals surface area (Å²) >= 11 is -1.98. The smallest absolute Gasteiger partial charge is 0.772 e. The van der Waals surface area contributed by atoms with Gasteiger partial charge in [0.15, 0.2) is 0 Å². The van der Waals surface area contributed by atoms with E-state index in [0.717, 1.165) is 16.7 Å². The van der Waals surface area contributed by atoms with Gasteiger partial charge in [-0.2, -0.15) is 0 Å². The molecule has 0 aliphatic heterocycles. The SMILES string of the molecule is Cc1cc(C)cc(CS(=O)[O-])c1.[Na+]. The van der Waals surface area contributed by atoms with E-state index in [-0.39, 0.29) is 35.3 Å². The Kier molecular flexibility index (Phi) is 6.09. The maximum atomic E-state index is 10.4. The Morgan fingerprint density at radius 3 is 2.08 bits per heavy atom. The van der Waals surface area contributed by atoms with Crippen LogP contribution in [0.1, 0.15) is 16.7 Å². The summed E-state index contributed by atoms with van der Waals surface area (Å²) in [5, 5.41) is 0. The van der Waals surface area contributed by atoms with Gasteiger partial charge in [-0.15, -0.1) is 0 Å². The van der Waals surface area contributed by atoms with Crippen molar-refractivity contribution in [2.24, 2.45) is 0 Å². The second-order valence-electron chi connectivity index (χ2n) is 2.94. The number of hydrogen-bond acceptors (Lipinski definition) is 2. The van der Waals surface area contributed by atoms with Crippen molar-refractivity contribution in [1.29, 1.82) is 0 Å². The molecule has 2 nitrogen and oxygen atoms in total. The van der Waals surface area contributed by atoms with Gasteiger partial charge in [0.05, 0.1) is 0 Å². The third kappa shape index (κ3) is 4.93. The Balaban J connectivity index is 0.00000144. The number of aryl methyl sites for hydroxylation is 2. The zero-order valence-electron chi connectivity index (χ0n) is 8.16. The molecular formula is C9H11NaO2S. The standard InChI is InChI=1S/C9H12O2S.Na/c1-7-3-8(2)5-9(4-7)6-12(10)11;/h3-5H,6H2,1-2H3,(H,10,11);/q;+1/p-1. The van der Waals surface area contributed by atoms with E-state index in [4.69, 9.17) is 0 Å². The number of benzene rings is 1. The quantitative estimate of drug-likeness (QED) is 0.445. The van der Waals surface area contributed by atoms with Crippen LogP contribution < -0.4 is 29.6 Å². The van der Waals surface area contributed by atoms with Crippen LogP contribution in [0.3, 0.4) is 0 Å². The summed E-state index contributed by atoms with van der Waals surface area (Å²) in [5.41, 5.74) is 3.08. The third-order valence-corrected chi connectivity index (χ3v) is 2.14. The van der Waals surface area contributed by atoms with Gasteiger partial charge in [0.2, 0.25) is 0 Å². The molecule has 0 fully saturated rings. The molecule has 1 unspecified atom stereocenters. The molecule has 0 aliphatic rings. The minimum absolute atomic E-state index is 0. The number of rotatable bonds is 2. The minimum atomic E-state index is -1.98. The molecule has 13 heavy (non-hydrogen) atoms. The number of hydrogen-bond donors (Lipinski definition) is 0. The molecule has 0 aromatic heterocycles. The van der Waals surface area contributed by atoms with Crippen LogP contribution in [0.5, 0.6) is 0 Å². The van der Waals surface area contributed by atoms with Crippen LogP contribution in [-0.2, 0) is 16.8 Å². The molecule has 1 atom stereocenters. The zero-order valence-corrected chi connectivity index (χ0v) is 11.0. The van der Waals surface area contributed by atoms with Crippen molar-refractivity contribution < 1.29 is 38.3 Å². The fraction of sp³-hybridized carbons (Fsp3) is 0.333. The molecule has 1 aromatic rings. The van der Waals surface area contributed by atoms with Gasteiger partial charge in [-0.1, -0.05) is 40.4 Å². The summed E-state index contributed by atoms with van der Waals surface area (Å²) in [4.78, 5) is 0. The second kappa shape index (κ2) is 5.94. The third-order valence-electron chi connectivity index (χ3n) is 1.57. The van der Waals surface area contributed by atoms with E-state index in [2.05, 4.69) is 0 Å². The van der Waals surface area contributed by atoms with Crippen LogP contribution in [0.2, 0.25) is 0 Å². The van der Waals surface area contributed by atoms with Crippen molar-refractivity contribution >= 4 is 11.1 Å². The fourth-order valence-electron chi connectivity index (χ4n) is 1.29. The average Bonchev–Trinajstić information content (AvgIpc) is 1.81. The van der Waals surface area contributed by atoms with E-state index in [0.29, 0.717) is 0 Å². The summed E-state index contributed by atoms with van der Waals surface area (Å²) in [6.07, 6.45) is 0. The van der Waals surface area contributed by atoms with Crippen molar-refractivity contribution in [3.05, 3.63) is 34.9 Å². The van der Waals surface area contributed by atoms with E-state index < -0.39 is 11.1 Å². The van der Waals surface area contributed by atoms with Crippen molar-refractivity contribution in [2.75, 3.05) is 0 Å². The molecule has 0 N–H and O–H groups in total. The topological polar surface area (TPSA) is 40.1 Å². The van der Waals surface area contributed by atoms with Crippen molar-refractivity contribution in [3.63, 3.8) is 0 Å². The molecule has 66 valence electrons. The van der Waals surface area contributed by atoms with E-state index in [9.17, 15) is 8.76 Å². The summed E-state index contributed by atoms with van der Waals surface area (Å²) in [6, 6.07) is 5.81. The fourth-order valence-corrected chi connectivity index (χ4v) is 1.73. The maximum absolute atomic E-state index is 10.4. The molecular weight excluding hydrogens is 195 g/mol. The van der Waals surface area contributed by atoms with E-state index in [1.165, 1.54) is 0 Å². The minimum Gasteiger partial charge on any atom is -0.772 e.